The van der Waals surface area contributed by atoms with E-state index in [0.717, 1.165) is 32.6 Å². The molecule has 0 aromatic heterocycles. The van der Waals surface area contributed by atoms with Crippen molar-refractivity contribution in [1.29, 1.82) is 0 Å². The van der Waals surface area contributed by atoms with Gasteiger partial charge in [-0.3, -0.25) is 4.90 Å². The van der Waals surface area contributed by atoms with Gasteiger partial charge in [0.1, 0.15) is 12.7 Å². The van der Waals surface area contributed by atoms with E-state index in [2.05, 4.69) is 36.8 Å². The second kappa shape index (κ2) is 10.9. The maximum atomic E-state index is 10.3. The van der Waals surface area contributed by atoms with E-state index >= 15 is 0 Å². The Hall–Kier alpha value is -1.34. The summed E-state index contributed by atoms with van der Waals surface area (Å²) in [6.07, 6.45) is 1.60. The Kier molecular flexibility index (Phi) is 8.83. The number of ether oxygens (including phenoxy) is 3. The third kappa shape index (κ3) is 6.96. The van der Waals surface area contributed by atoms with Gasteiger partial charge in [-0.1, -0.05) is 6.07 Å². The van der Waals surface area contributed by atoms with Crippen LogP contribution in [0.5, 0.6) is 11.5 Å². The zero-order valence-corrected chi connectivity index (χ0v) is 17.5. The lowest BCUT2D eigenvalue weighted by atomic mass is 10.1. The Morgan fingerprint density at radius 3 is 2.52 bits per heavy atom. The van der Waals surface area contributed by atoms with Crippen molar-refractivity contribution < 1.29 is 19.3 Å². The first-order valence-corrected chi connectivity index (χ1v) is 9.86. The summed E-state index contributed by atoms with van der Waals surface area (Å²) < 4.78 is 16.8. The first-order valence-electron chi connectivity index (χ1n) is 9.86. The van der Waals surface area contributed by atoms with Crippen molar-refractivity contribution in [3.05, 3.63) is 23.8 Å². The van der Waals surface area contributed by atoms with E-state index in [-0.39, 0.29) is 6.61 Å². The van der Waals surface area contributed by atoms with Gasteiger partial charge in [0.15, 0.2) is 11.5 Å². The molecule has 0 aliphatic carbocycles. The normalized spacial score (nSPS) is 16.9. The average Bonchev–Trinajstić information content (AvgIpc) is 2.67. The van der Waals surface area contributed by atoms with E-state index < -0.39 is 6.10 Å². The van der Waals surface area contributed by atoms with Crippen LogP contribution in [0.4, 0.5) is 0 Å². The maximum absolute atomic E-state index is 10.3. The van der Waals surface area contributed by atoms with Crippen LogP contribution in [0.3, 0.4) is 0 Å². The van der Waals surface area contributed by atoms with Crippen LogP contribution >= 0.6 is 0 Å². The third-order valence-corrected chi connectivity index (χ3v) is 5.29. The molecule has 2 rings (SSSR count). The van der Waals surface area contributed by atoms with Gasteiger partial charge >= 0.3 is 0 Å². The van der Waals surface area contributed by atoms with E-state index in [0.29, 0.717) is 30.1 Å². The second-order valence-electron chi connectivity index (χ2n) is 7.74. The molecule has 1 aromatic rings. The van der Waals surface area contributed by atoms with Gasteiger partial charge in [-0.2, -0.15) is 0 Å². The molecule has 1 aliphatic heterocycles. The number of benzene rings is 1. The third-order valence-electron chi connectivity index (χ3n) is 5.29. The van der Waals surface area contributed by atoms with Crippen molar-refractivity contribution in [2.75, 3.05) is 47.6 Å². The second-order valence-corrected chi connectivity index (χ2v) is 7.74. The molecule has 0 spiro atoms. The number of aliphatic hydroxyl groups excluding tert-OH is 1. The predicted octanol–water partition coefficient (Wildman–Crippen LogP) is 2.39. The molecule has 0 radical (unpaired) electrons. The molecule has 1 N–H and O–H groups in total. The van der Waals surface area contributed by atoms with Gasteiger partial charge in [-0.05, 0) is 58.5 Å². The lowest BCUT2D eigenvalue weighted by Gasteiger charge is -2.31. The van der Waals surface area contributed by atoms with Gasteiger partial charge < -0.3 is 24.2 Å². The van der Waals surface area contributed by atoms with Crippen LogP contribution in [0.15, 0.2) is 18.2 Å². The zero-order chi connectivity index (χ0) is 19.8. The van der Waals surface area contributed by atoms with Gasteiger partial charge in [0.2, 0.25) is 0 Å². The van der Waals surface area contributed by atoms with Crippen LogP contribution in [0, 0.1) is 0 Å². The fourth-order valence-electron chi connectivity index (χ4n) is 3.26. The minimum atomic E-state index is -0.546. The summed E-state index contributed by atoms with van der Waals surface area (Å²) >= 11 is 0. The molecule has 0 bridgehead atoms. The average molecular weight is 381 g/mol. The standard InChI is InChI=1S/C21H36N2O4/c1-16(2)22(3)14-19(24)15-27-21-12-17(6-7-20(21)25-5)13-23(4)18-8-10-26-11-9-18/h6-7,12,16,18-19,24H,8-11,13-15H2,1-5H3. The van der Waals surface area contributed by atoms with Gasteiger partial charge in [-0.25, -0.2) is 0 Å². The van der Waals surface area contributed by atoms with Crippen LogP contribution in [0.25, 0.3) is 0 Å². The smallest absolute Gasteiger partial charge is 0.161 e. The van der Waals surface area contributed by atoms with E-state index in [1.165, 1.54) is 5.56 Å². The molecule has 27 heavy (non-hydrogen) atoms. The number of methoxy groups -OCH3 is 1. The summed E-state index contributed by atoms with van der Waals surface area (Å²) in [5.41, 5.74) is 1.17. The number of rotatable bonds is 10. The summed E-state index contributed by atoms with van der Waals surface area (Å²) in [5.74, 6) is 1.37. The summed E-state index contributed by atoms with van der Waals surface area (Å²) in [7, 11) is 5.80. The number of nitrogens with zero attached hydrogens (tertiary/aromatic N) is 2. The van der Waals surface area contributed by atoms with Crippen molar-refractivity contribution >= 4 is 0 Å². The van der Waals surface area contributed by atoms with Crippen LogP contribution in [-0.4, -0.2) is 80.7 Å². The lowest BCUT2D eigenvalue weighted by molar-refractivity contribution is 0.0406. The van der Waals surface area contributed by atoms with E-state index in [4.69, 9.17) is 14.2 Å². The molecule has 1 atom stereocenters. The maximum Gasteiger partial charge on any atom is 0.161 e. The summed E-state index contributed by atoms with van der Waals surface area (Å²) in [6.45, 7) is 7.57. The molecular weight excluding hydrogens is 344 g/mol. The van der Waals surface area contributed by atoms with Crippen LogP contribution in [0.1, 0.15) is 32.3 Å². The zero-order valence-electron chi connectivity index (χ0n) is 17.5. The number of hydrogen-bond donors (Lipinski definition) is 1. The molecule has 1 aliphatic rings. The minimum absolute atomic E-state index is 0.243. The van der Waals surface area contributed by atoms with Crippen molar-refractivity contribution in [3.63, 3.8) is 0 Å². The van der Waals surface area contributed by atoms with E-state index in [1.807, 2.05) is 19.2 Å². The lowest BCUT2D eigenvalue weighted by Crippen LogP contribution is -2.37. The predicted molar refractivity (Wildman–Crippen MR) is 108 cm³/mol. The molecule has 1 heterocycles. The Bertz CT molecular complexity index is 561. The van der Waals surface area contributed by atoms with Crippen molar-refractivity contribution in [3.8, 4) is 11.5 Å². The Balaban J connectivity index is 1.95. The van der Waals surface area contributed by atoms with Crippen LogP contribution < -0.4 is 9.47 Å². The van der Waals surface area contributed by atoms with Crippen molar-refractivity contribution in [2.45, 2.75) is 51.4 Å². The first-order chi connectivity index (χ1) is 12.9. The largest absolute Gasteiger partial charge is 0.493 e. The fraction of sp³-hybridized carbons (Fsp3) is 0.714. The quantitative estimate of drug-likeness (QED) is 0.673. The van der Waals surface area contributed by atoms with Gasteiger partial charge in [0, 0.05) is 38.4 Å². The van der Waals surface area contributed by atoms with Gasteiger partial charge in [-0.15, -0.1) is 0 Å². The van der Waals surface area contributed by atoms with Crippen molar-refractivity contribution in [2.24, 2.45) is 0 Å². The Labute approximate surface area is 164 Å². The highest BCUT2D eigenvalue weighted by Crippen LogP contribution is 2.29. The van der Waals surface area contributed by atoms with Gasteiger partial charge in [0.05, 0.1) is 7.11 Å². The molecule has 0 saturated carbocycles. The summed E-state index contributed by atoms with van der Waals surface area (Å²) in [4.78, 5) is 4.48. The van der Waals surface area contributed by atoms with Gasteiger partial charge in [0.25, 0.3) is 0 Å². The van der Waals surface area contributed by atoms with Crippen LogP contribution in [-0.2, 0) is 11.3 Å². The molecule has 1 aromatic carbocycles. The van der Waals surface area contributed by atoms with Crippen molar-refractivity contribution in [1.82, 2.24) is 9.80 Å². The molecule has 1 saturated heterocycles. The number of aliphatic hydroxyl groups is 1. The van der Waals surface area contributed by atoms with E-state index in [9.17, 15) is 5.11 Å². The van der Waals surface area contributed by atoms with Crippen LogP contribution in [0.2, 0.25) is 0 Å². The molecule has 0 amide bonds. The van der Waals surface area contributed by atoms with E-state index in [1.54, 1.807) is 7.11 Å². The summed E-state index contributed by atoms with van der Waals surface area (Å²) in [6, 6.07) is 6.98. The molecule has 1 fully saturated rings. The molecule has 6 heteroatoms. The molecule has 1 unspecified atom stereocenters. The summed E-state index contributed by atoms with van der Waals surface area (Å²) in [5, 5.41) is 10.3. The minimum Gasteiger partial charge on any atom is -0.493 e. The number of likely N-dealkylation sites (N-methyl/N-ethyl adjacent to an activating group) is 1. The molecule has 154 valence electrons. The SMILES string of the molecule is COc1ccc(CN(C)C2CCOCC2)cc1OCC(O)CN(C)C(C)C. The highest BCUT2D eigenvalue weighted by atomic mass is 16.5. The molecule has 6 nitrogen and oxygen atoms in total. The monoisotopic (exact) mass is 380 g/mol. The Morgan fingerprint density at radius 1 is 1.19 bits per heavy atom. The topological polar surface area (TPSA) is 54.4 Å². The highest BCUT2D eigenvalue weighted by molar-refractivity contribution is 5.43. The first kappa shape index (κ1) is 22.0. The fourth-order valence-corrected chi connectivity index (χ4v) is 3.26. The highest BCUT2D eigenvalue weighted by Gasteiger charge is 2.19. The Morgan fingerprint density at radius 2 is 1.89 bits per heavy atom. The number of hydrogen-bond acceptors (Lipinski definition) is 6. The molecular formula is C21H36N2O4.